The molecule has 3 saturated carbocycles. The fraction of sp³-hybridized carbons (Fsp3) is 0.432. The molecule has 718 valence electrons. The first-order chi connectivity index (χ1) is 64.4. The van der Waals surface area contributed by atoms with Gasteiger partial charge in [-0.1, -0.05) is 47.3 Å². The van der Waals surface area contributed by atoms with Gasteiger partial charge in [-0.25, -0.2) is 49.5 Å². The van der Waals surface area contributed by atoms with Gasteiger partial charge in [-0.3, -0.25) is 19.9 Å². The van der Waals surface area contributed by atoms with Crippen molar-refractivity contribution in [3.63, 3.8) is 0 Å². The Kier molecular flexibility index (Phi) is 26.0. The van der Waals surface area contributed by atoms with Gasteiger partial charge >= 0.3 is 26.2 Å². The number of allylic oxidation sites excluding steroid dienone is 2. The number of hydrogen-bond donors (Lipinski definition) is 0. The van der Waals surface area contributed by atoms with Crippen molar-refractivity contribution < 1.29 is 93.4 Å². The van der Waals surface area contributed by atoms with Crippen molar-refractivity contribution in [3.05, 3.63) is 181 Å². The van der Waals surface area contributed by atoms with Crippen LogP contribution >= 0.6 is 0 Å². The summed E-state index contributed by atoms with van der Waals surface area (Å²) < 4.78 is 251. The molecule has 16 aromatic heterocycles. The van der Waals surface area contributed by atoms with E-state index >= 15 is 17.6 Å². The Labute approximate surface area is 767 Å². The maximum absolute atomic E-state index is 16.2. The lowest BCUT2D eigenvalue weighted by Crippen LogP contribution is -2.43. The van der Waals surface area contributed by atoms with E-state index in [2.05, 4.69) is 61.0 Å². The summed E-state index contributed by atoms with van der Waals surface area (Å²) in [6.07, 6.45) is 29.1. The van der Waals surface area contributed by atoms with Gasteiger partial charge in [0.15, 0.2) is 5.79 Å². The first kappa shape index (κ1) is 94.8. The van der Waals surface area contributed by atoms with Crippen molar-refractivity contribution >= 4 is 44.1 Å². The van der Waals surface area contributed by atoms with Crippen LogP contribution in [0.3, 0.4) is 0 Å². The Hall–Kier alpha value is -13.0. The molecule has 0 amide bonds. The molecule has 41 heteroatoms. The molecule has 0 aromatic carbocycles. The normalized spacial score (nSPS) is 18.6. The van der Waals surface area contributed by atoms with Crippen LogP contribution in [0, 0.1) is 55.4 Å². The molecular formula is C95H97F15N20O6. The molecule has 4 aliphatic carbocycles. The molecular weight excluding hydrogens is 1800 g/mol. The van der Waals surface area contributed by atoms with Gasteiger partial charge in [0.1, 0.15) is 45.7 Å². The molecule has 17 heterocycles. The van der Waals surface area contributed by atoms with Gasteiger partial charge in [-0.15, -0.1) is 0 Å². The first-order valence-electron chi connectivity index (χ1n) is 44.1. The summed E-state index contributed by atoms with van der Waals surface area (Å²) in [6.45, 7) is 4.64. The van der Waals surface area contributed by atoms with E-state index < -0.39 is 73.4 Å². The van der Waals surface area contributed by atoms with Gasteiger partial charge in [-0.05, 0) is 131 Å². The Bertz CT molecular complexity index is 6970. The van der Waals surface area contributed by atoms with E-state index in [-0.39, 0.29) is 71.5 Å². The van der Waals surface area contributed by atoms with Crippen molar-refractivity contribution in [2.75, 3.05) is 13.2 Å². The average molecular weight is 1900 g/mol. The standard InChI is InChI=1S/C25H26F3N5O3.C23H22F5N5O.C23H21F4N5O.C23H24F3N5O.CH4/c1-15-21(16(2)36-31-15)17-9-20-22(29-10-17)19(18-11-30-33(12-18)23(26)27)13-32(20)14-24(28)3-5-25(6-4-24)34-7-8-35-25;1-13-19(14(2)34-31-13)15-7-18-20(29-8-15)17(16-9-30-33(10-16)21(24)25)11-32(18)12-22(26)3-5-23(27,28)6-4-22;1-13-20(14(2)33-30-13)15-7-19-21(28-8-15)18(16-9-29-32(10-16)22(25)26)11-31(19)12-23(27)5-3-17(24)4-6-23;1-14-20(15(2)32-29-14)16-8-19-21(27-9-16)18(17-10-28-31(11-17)22(24)25)12-30(19)13-23(26)6-4-3-5-7-23;/h9-13,23H,3-8,14H2,1-2H3;7-11,21H,3-6,12H2,1-2H3;3,7-11,22H,4-6,12H2,1-2H3;8-12,22H,3-7,13H2,1-2H3;1H4. The number of nitrogens with zero attached hydrogens (tertiary/aromatic N) is 20. The summed E-state index contributed by atoms with van der Waals surface area (Å²) in [5, 5.41) is 30.9. The molecule has 16 aromatic rings. The van der Waals surface area contributed by atoms with E-state index in [0.717, 1.165) is 75.1 Å². The smallest absolute Gasteiger partial charge is 0.333 e. The summed E-state index contributed by atoms with van der Waals surface area (Å²) in [5.74, 6) is -1.28. The zero-order valence-electron chi connectivity index (χ0n) is 74.6. The second-order valence-electron chi connectivity index (χ2n) is 35.8. The first-order valence-corrected chi connectivity index (χ1v) is 44.1. The SMILES string of the molecule is C.Cc1noc(C)c1-c1cnc2c(-c3cnn(C(F)F)c3)cn(CC3(F)CC=C(F)CC3)c2c1.Cc1noc(C)c1-c1cnc2c(-c3cnn(C(F)F)c3)cn(CC3(F)CCC(F)(F)CC3)c2c1.Cc1noc(C)c1-c1cnc2c(-c3cnn(C(F)F)c3)cn(CC3(F)CCC4(CC3)OCCO4)c2c1.Cc1noc(C)c1-c1cnc2c(-c3cnn(C(F)F)c3)cn(CC3(F)CCCCC3)c2c1. The van der Waals surface area contributed by atoms with E-state index in [9.17, 15) is 48.3 Å². The zero-order chi connectivity index (χ0) is 95.1. The minimum atomic E-state index is -2.86. The summed E-state index contributed by atoms with van der Waals surface area (Å²) in [4.78, 5) is 18.5. The van der Waals surface area contributed by atoms with E-state index in [1.165, 1.54) is 55.7 Å². The van der Waals surface area contributed by atoms with E-state index in [4.69, 9.17) is 27.6 Å². The summed E-state index contributed by atoms with van der Waals surface area (Å²) in [5.41, 5.74) is 11.8. The number of rotatable bonds is 20. The van der Waals surface area contributed by atoms with Gasteiger partial charge < -0.3 is 45.8 Å². The minimum Gasteiger partial charge on any atom is -0.361 e. The summed E-state index contributed by atoms with van der Waals surface area (Å²) in [6, 6.07) is 7.53. The fourth-order valence-corrected chi connectivity index (χ4v) is 19.3. The topological polar surface area (TPSA) is 265 Å². The van der Waals surface area contributed by atoms with Gasteiger partial charge in [0.25, 0.3) is 0 Å². The highest BCUT2D eigenvalue weighted by Gasteiger charge is 2.48. The van der Waals surface area contributed by atoms with Crippen LogP contribution in [0.2, 0.25) is 0 Å². The van der Waals surface area contributed by atoms with Crippen molar-refractivity contribution in [2.45, 2.75) is 252 Å². The third kappa shape index (κ3) is 19.1. The summed E-state index contributed by atoms with van der Waals surface area (Å²) >= 11 is 0. The number of ether oxygens (including phenoxy) is 2. The Balaban J connectivity index is 0.000000126. The Morgan fingerprint density at radius 2 is 0.610 bits per heavy atom. The highest BCUT2D eigenvalue weighted by molar-refractivity contribution is 5.98. The number of pyridine rings is 4. The van der Waals surface area contributed by atoms with Crippen LogP contribution in [-0.4, -0.2) is 146 Å². The molecule has 1 saturated heterocycles. The van der Waals surface area contributed by atoms with Crippen LogP contribution in [0.15, 0.2) is 153 Å². The summed E-state index contributed by atoms with van der Waals surface area (Å²) in [7, 11) is 0. The van der Waals surface area contributed by atoms with Gasteiger partial charge in [0, 0.05) is 202 Å². The average Bonchev–Trinajstić information content (AvgIpc) is 1.63. The van der Waals surface area contributed by atoms with E-state index in [1.54, 1.807) is 85.5 Å². The van der Waals surface area contributed by atoms with E-state index in [1.807, 2.05) is 62.0 Å². The number of alkyl halides is 14. The molecule has 0 N–H and O–H groups in total. The van der Waals surface area contributed by atoms with Crippen LogP contribution in [-0.2, 0) is 35.7 Å². The lowest BCUT2D eigenvalue weighted by Gasteiger charge is -2.39. The largest absolute Gasteiger partial charge is 0.361 e. The second-order valence-corrected chi connectivity index (χ2v) is 35.8. The predicted octanol–water partition coefficient (Wildman–Crippen LogP) is 25.3. The molecule has 136 heavy (non-hydrogen) atoms. The number of aryl methyl sites for hydroxylation is 8. The van der Waals surface area contributed by atoms with Crippen molar-refractivity contribution in [1.82, 2.24) is 98.0 Å². The monoisotopic (exact) mass is 1900 g/mol. The number of hydrogen-bond acceptors (Lipinski definition) is 18. The highest BCUT2D eigenvalue weighted by atomic mass is 19.3. The number of fused-ring (bicyclic) bond motifs is 4. The Morgan fingerprint density at radius 1 is 0.331 bits per heavy atom. The zero-order valence-corrected chi connectivity index (χ0v) is 74.6. The van der Waals surface area contributed by atoms with Gasteiger partial charge in [0.2, 0.25) is 5.92 Å². The molecule has 4 fully saturated rings. The molecule has 1 aliphatic heterocycles. The van der Waals surface area contributed by atoms with Crippen LogP contribution in [0.4, 0.5) is 65.9 Å². The van der Waals surface area contributed by atoms with Crippen molar-refractivity contribution in [2.24, 2.45) is 0 Å². The molecule has 0 radical (unpaired) electrons. The molecule has 1 spiro atoms. The number of aromatic nitrogens is 20. The highest BCUT2D eigenvalue weighted by Crippen LogP contribution is 2.49. The van der Waals surface area contributed by atoms with Crippen molar-refractivity contribution in [3.8, 4) is 89.0 Å². The minimum absolute atomic E-state index is 0. The molecule has 21 rings (SSSR count). The second kappa shape index (κ2) is 37.3. The maximum atomic E-state index is 16.2. The Morgan fingerprint density at radius 3 is 0.868 bits per heavy atom. The van der Waals surface area contributed by atoms with Gasteiger partial charge in [-0.2, -0.15) is 55.5 Å². The third-order valence-corrected chi connectivity index (χ3v) is 26.3. The molecule has 0 bridgehead atoms. The van der Waals surface area contributed by atoms with Crippen LogP contribution in [0.25, 0.3) is 133 Å². The number of halogens is 15. The molecule has 26 nitrogen and oxygen atoms in total. The van der Waals surface area contributed by atoms with Crippen LogP contribution in [0.1, 0.15) is 182 Å². The maximum Gasteiger partial charge on any atom is 0.333 e. The lowest BCUT2D eigenvalue weighted by atomic mass is 9.82. The fourth-order valence-electron chi connectivity index (χ4n) is 19.3. The quantitative estimate of drug-likeness (QED) is 0.0642. The van der Waals surface area contributed by atoms with E-state index in [0.29, 0.717) is 194 Å². The molecule has 5 aliphatic rings. The lowest BCUT2D eigenvalue weighted by molar-refractivity contribution is -0.194. The van der Waals surface area contributed by atoms with Crippen LogP contribution < -0.4 is 0 Å². The molecule has 1 unspecified atom stereocenters. The van der Waals surface area contributed by atoms with Crippen LogP contribution in [0.5, 0.6) is 0 Å². The van der Waals surface area contributed by atoms with Crippen molar-refractivity contribution in [1.29, 1.82) is 0 Å². The predicted molar refractivity (Wildman–Crippen MR) is 473 cm³/mol. The third-order valence-electron chi connectivity index (χ3n) is 26.3. The van der Waals surface area contributed by atoms with Gasteiger partial charge in [0.05, 0.1) is 137 Å². The molecule has 1 atom stereocenters.